The second-order valence-corrected chi connectivity index (χ2v) is 1.69. The smallest absolute Gasteiger partial charge is 0.265 e. The number of hydrogen-bond acceptors (Lipinski definition) is 3. The van der Waals surface area contributed by atoms with Gasteiger partial charge >= 0.3 is 0 Å². The first-order chi connectivity index (χ1) is 5.34. The van der Waals surface area contributed by atoms with Crippen molar-refractivity contribution >= 4 is 5.91 Å². The standard InChI is InChI=1S/C6H7N3O/c7-9-6(10)5-1-3-8-4-2-5/h1-4H,7H2,(H,9,10)/i/hD. The highest BCUT2D eigenvalue weighted by atomic mass is 16.2. The molecule has 0 aliphatic heterocycles. The number of nitrogens with two attached hydrogens (primary N) is 1. The van der Waals surface area contributed by atoms with Crippen LogP contribution in [0.15, 0.2) is 24.5 Å². The molecule has 0 aliphatic rings. The van der Waals surface area contributed by atoms with Crippen LogP contribution in [0.1, 0.15) is 10.4 Å². The molecular weight excluding hydrogens is 130 g/mol. The third kappa shape index (κ3) is 1.29. The van der Waals surface area contributed by atoms with E-state index in [-0.39, 0.29) is 5.91 Å². The van der Waals surface area contributed by atoms with Crippen molar-refractivity contribution in [3.63, 3.8) is 0 Å². The lowest BCUT2D eigenvalue weighted by Crippen LogP contribution is -2.29. The van der Waals surface area contributed by atoms with Crippen molar-refractivity contribution in [3.05, 3.63) is 30.1 Å². The van der Waals surface area contributed by atoms with Crippen LogP contribution in [0.5, 0.6) is 0 Å². The third-order valence-electron chi connectivity index (χ3n) is 1.06. The molecule has 0 saturated heterocycles. The summed E-state index contributed by atoms with van der Waals surface area (Å²) in [6.45, 7) is 0. The van der Waals surface area contributed by atoms with Gasteiger partial charge in [0.05, 0.1) is 0 Å². The Morgan fingerprint density at radius 2 is 2.40 bits per heavy atom. The molecule has 3 N–H and O–H groups in total. The Morgan fingerprint density at radius 1 is 1.70 bits per heavy atom. The fraction of sp³-hybridized carbons (Fsp3) is 0. The Bertz CT molecular complexity index is 239. The van der Waals surface area contributed by atoms with Crippen LogP contribution in [0.25, 0.3) is 0 Å². The summed E-state index contributed by atoms with van der Waals surface area (Å²) in [5, 5.41) is 0. The first-order valence-electron chi connectivity index (χ1n) is 3.21. The summed E-state index contributed by atoms with van der Waals surface area (Å²) in [5.41, 5.74) is 2.58. The number of pyridine rings is 1. The Hall–Kier alpha value is -1.42. The van der Waals surface area contributed by atoms with E-state index in [1.54, 1.807) is 18.0 Å². The average molecular weight is 138 g/mol. The molecule has 0 aromatic carbocycles. The van der Waals surface area contributed by atoms with Gasteiger partial charge in [-0.05, 0) is 12.1 Å². The van der Waals surface area contributed by atoms with Crippen molar-refractivity contribution in [3.8, 4) is 0 Å². The molecule has 52 valence electrons. The number of hydrazine groups is 1. The molecule has 1 heterocycles. The normalized spacial score (nSPS) is 10.2. The van der Waals surface area contributed by atoms with Gasteiger partial charge in [0.25, 0.3) is 5.91 Å². The van der Waals surface area contributed by atoms with Gasteiger partial charge in [0.1, 0.15) is 1.41 Å². The summed E-state index contributed by atoms with van der Waals surface area (Å²) < 4.78 is 6.48. The zero-order valence-corrected chi connectivity index (χ0v) is 5.16. The van der Waals surface area contributed by atoms with E-state index < -0.39 is 0 Å². The van der Waals surface area contributed by atoms with Crippen LogP contribution in [0.2, 0.25) is 1.41 Å². The number of carbonyl (C=O) groups excluding carboxylic acids is 1. The lowest BCUT2D eigenvalue weighted by molar-refractivity contribution is 0.0953. The van der Waals surface area contributed by atoms with Gasteiger partial charge in [0, 0.05) is 18.0 Å². The largest absolute Gasteiger partial charge is 0.290 e. The second-order valence-electron chi connectivity index (χ2n) is 1.69. The van der Waals surface area contributed by atoms with Crippen LogP contribution in [0.4, 0.5) is 0 Å². The zero-order valence-electron chi connectivity index (χ0n) is 6.16. The summed E-state index contributed by atoms with van der Waals surface area (Å²) in [6, 6.07) is 3.12. The monoisotopic (exact) mass is 138 g/mol. The van der Waals surface area contributed by atoms with Crippen LogP contribution in [-0.4, -0.2) is 10.9 Å². The predicted molar refractivity (Wildman–Crippen MR) is 35.9 cm³/mol. The highest BCUT2D eigenvalue weighted by Gasteiger charge is 1.98. The summed E-state index contributed by atoms with van der Waals surface area (Å²) in [6.07, 6.45) is 3.03. The van der Waals surface area contributed by atoms with Crippen molar-refractivity contribution in [2.75, 3.05) is 0 Å². The number of nitrogens with one attached hydrogen (secondary N) is 1. The minimum atomic E-state index is -0.345. The lowest BCUT2D eigenvalue weighted by Gasteiger charge is -1.95. The molecule has 10 heavy (non-hydrogen) atoms. The summed E-state index contributed by atoms with van der Waals surface area (Å²) in [7, 11) is 0. The SMILES string of the molecule is [2H]NNC(=O)c1ccncc1. The molecule has 0 unspecified atom stereocenters. The van der Waals surface area contributed by atoms with Crippen LogP contribution >= 0.6 is 0 Å². The van der Waals surface area contributed by atoms with Gasteiger partial charge in [-0.25, -0.2) is 5.84 Å². The first-order valence-corrected chi connectivity index (χ1v) is 2.71. The number of nitrogen functional groups attached to an aromatic ring is 1. The van der Waals surface area contributed by atoms with Crippen molar-refractivity contribution < 1.29 is 6.21 Å². The zero-order chi connectivity index (χ0) is 8.10. The molecule has 4 nitrogen and oxygen atoms in total. The van der Waals surface area contributed by atoms with Crippen molar-refractivity contribution in [1.29, 1.82) is 0 Å². The molecule has 0 atom stereocenters. The number of rotatable bonds is 2. The number of amides is 1. The van der Waals surface area contributed by atoms with Crippen molar-refractivity contribution in [2.45, 2.75) is 0 Å². The number of aromatic nitrogens is 1. The lowest BCUT2D eigenvalue weighted by atomic mass is 10.3. The Labute approximate surface area is 59.5 Å². The van der Waals surface area contributed by atoms with Crippen LogP contribution < -0.4 is 11.3 Å². The minimum Gasteiger partial charge on any atom is -0.290 e. The van der Waals surface area contributed by atoms with Crippen LogP contribution in [0, 0.1) is 0 Å². The van der Waals surface area contributed by atoms with Crippen LogP contribution in [0.3, 0.4) is 0 Å². The van der Waals surface area contributed by atoms with Crippen LogP contribution in [-0.2, 0) is 0 Å². The van der Waals surface area contributed by atoms with E-state index in [0.717, 1.165) is 0 Å². The maximum Gasteiger partial charge on any atom is 0.265 e. The fourth-order valence-electron chi connectivity index (χ4n) is 0.575. The molecule has 1 rings (SSSR count). The van der Waals surface area contributed by atoms with E-state index in [1.165, 1.54) is 12.4 Å². The highest BCUT2D eigenvalue weighted by Crippen LogP contribution is 1.93. The Morgan fingerprint density at radius 3 is 3.00 bits per heavy atom. The third-order valence-corrected chi connectivity index (χ3v) is 1.06. The number of hydrogen-bond donors (Lipinski definition) is 2. The van der Waals surface area contributed by atoms with Gasteiger partial charge in [-0.1, -0.05) is 0 Å². The topological polar surface area (TPSA) is 68.0 Å². The minimum absolute atomic E-state index is 0.345. The first kappa shape index (κ1) is 5.37. The van der Waals surface area contributed by atoms with Crippen molar-refractivity contribution in [1.82, 2.24) is 10.4 Å². The van der Waals surface area contributed by atoms with Gasteiger partial charge < -0.3 is 0 Å². The highest BCUT2D eigenvalue weighted by molar-refractivity contribution is 5.93. The molecule has 0 radical (unpaired) electrons. The maximum atomic E-state index is 10.9. The predicted octanol–water partition coefficient (Wildman–Crippen LogP) is -0.315. The number of carbonyl (C=O) groups is 1. The summed E-state index contributed by atoms with van der Waals surface area (Å²) >= 11 is 0. The Kier molecular flexibility index (Phi) is 1.57. The van der Waals surface area contributed by atoms with Crippen molar-refractivity contribution in [2.24, 2.45) is 5.84 Å². The van der Waals surface area contributed by atoms with E-state index in [1.807, 2.05) is 0 Å². The van der Waals surface area contributed by atoms with Gasteiger partial charge in [-0.3, -0.25) is 15.2 Å². The van der Waals surface area contributed by atoms with E-state index >= 15 is 0 Å². The van der Waals surface area contributed by atoms with E-state index in [2.05, 4.69) is 10.4 Å². The maximum absolute atomic E-state index is 10.9. The summed E-state index contributed by atoms with van der Waals surface area (Å²) in [5.74, 6) is 1.45. The average Bonchev–Trinajstić information content (AvgIpc) is 2.07. The summed E-state index contributed by atoms with van der Waals surface area (Å²) in [4.78, 5) is 14.7. The number of nitrogens with zero attached hydrogens (tertiary/aromatic N) is 1. The van der Waals surface area contributed by atoms with Gasteiger partial charge in [0.2, 0.25) is 0 Å². The molecule has 1 aromatic rings. The van der Waals surface area contributed by atoms with Gasteiger partial charge in [-0.15, -0.1) is 0 Å². The Balaban J connectivity index is 2.69. The molecule has 0 fully saturated rings. The molecule has 0 saturated carbocycles. The van der Waals surface area contributed by atoms with E-state index in [9.17, 15) is 4.79 Å². The van der Waals surface area contributed by atoms with Gasteiger partial charge in [-0.2, -0.15) is 0 Å². The molecule has 0 aliphatic carbocycles. The molecule has 1 amide bonds. The molecule has 4 heteroatoms. The second kappa shape index (κ2) is 2.93. The van der Waals surface area contributed by atoms with E-state index in [0.29, 0.717) is 5.56 Å². The van der Waals surface area contributed by atoms with Gasteiger partial charge in [0.15, 0.2) is 0 Å². The molecule has 1 aromatic heterocycles. The van der Waals surface area contributed by atoms with E-state index in [4.69, 9.17) is 1.41 Å². The molecule has 0 spiro atoms. The fourth-order valence-corrected chi connectivity index (χ4v) is 0.575. The quantitative estimate of drug-likeness (QED) is 0.334. The molecule has 0 bridgehead atoms. The molecular formula is C6H7N3O.